The molecule has 5 nitrogen and oxygen atoms in total. The number of hydrogen-bond acceptors (Lipinski definition) is 4. The maximum absolute atomic E-state index is 11.9. The smallest absolute Gasteiger partial charge is 0.237 e. The standard InChI is InChI=1S/C14H23NO4/c1-5-9(11(16)7-3)13(18)15-14(19)10(6-2)12(17)8-4/h9-10H,5-8H2,1-4H3,(H,15,18,19). The molecule has 0 bridgehead atoms. The van der Waals surface area contributed by atoms with Crippen LogP contribution in [0.2, 0.25) is 0 Å². The fourth-order valence-corrected chi connectivity index (χ4v) is 1.91. The predicted octanol–water partition coefficient (Wildman–Crippen LogP) is 1.64. The third kappa shape index (κ3) is 4.93. The fourth-order valence-electron chi connectivity index (χ4n) is 1.91. The molecule has 0 radical (unpaired) electrons. The van der Waals surface area contributed by atoms with E-state index in [0.717, 1.165) is 0 Å². The first-order valence-electron chi connectivity index (χ1n) is 6.82. The molecule has 0 heterocycles. The first-order valence-corrected chi connectivity index (χ1v) is 6.82. The lowest BCUT2D eigenvalue weighted by Crippen LogP contribution is -2.43. The second-order valence-corrected chi connectivity index (χ2v) is 4.41. The van der Waals surface area contributed by atoms with Crippen LogP contribution in [0.4, 0.5) is 0 Å². The van der Waals surface area contributed by atoms with Gasteiger partial charge in [0, 0.05) is 12.8 Å². The molecule has 0 saturated carbocycles. The molecule has 0 fully saturated rings. The van der Waals surface area contributed by atoms with Gasteiger partial charge in [0.25, 0.3) is 0 Å². The van der Waals surface area contributed by atoms with E-state index in [4.69, 9.17) is 0 Å². The number of hydrogen-bond donors (Lipinski definition) is 1. The molecule has 0 aliphatic carbocycles. The molecule has 108 valence electrons. The molecule has 19 heavy (non-hydrogen) atoms. The minimum atomic E-state index is -0.803. The van der Waals surface area contributed by atoms with Crippen molar-refractivity contribution in [2.45, 2.75) is 53.4 Å². The summed E-state index contributed by atoms with van der Waals surface area (Å²) in [4.78, 5) is 46.8. The Balaban J connectivity index is 4.74. The van der Waals surface area contributed by atoms with Gasteiger partial charge in [0.1, 0.15) is 11.6 Å². The van der Waals surface area contributed by atoms with Crippen molar-refractivity contribution < 1.29 is 19.2 Å². The van der Waals surface area contributed by atoms with E-state index in [1.807, 2.05) is 0 Å². The molecule has 0 aromatic heterocycles. The highest BCUT2D eigenvalue weighted by molar-refractivity contribution is 6.11. The van der Waals surface area contributed by atoms with E-state index in [-0.39, 0.29) is 24.4 Å². The summed E-state index contributed by atoms with van der Waals surface area (Å²) < 4.78 is 0. The molecule has 0 rings (SSSR count). The number of nitrogens with one attached hydrogen (secondary N) is 1. The van der Waals surface area contributed by atoms with Crippen molar-refractivity contribution in [3.8, 4) is 0 Å². The summed E-state index contributed by atoms with van der Waals surface area (Å²) in [5, 5.41) is 2.19. The maximum atomic E-state index is 11.9. The van der Waals surface area contributed by atoms with Crippen LogP contribution in [0.3, 0.4) is 0 Å². The quantitative estimate of drug-likeness (QED) is 0.679. The lowest BCUT2D eigenvalue weighted by molar-refractivity contribution is -0.140. The van der Waals surface area contributed by atoms with Crippen molar-refractivity contribution in [2.75, 3.05) is 0 Å². The molecule has 5 heteroatoms. The van der Waals surface area contributed by atoms with Crippen LogP contribution in [0.15, 0.2) is 0 Å². The maximum Gasteiger partial charge on any atom is 0.237 e. The Morgan fingerprint density at radius 3 is 1.26 bits per heavy atom. The van der Waals surface area contributed by atoms with E-state index in [1.165, 1.54) is 0 Å². The minimum absolute atomic E-state index is 0.192. The SMILES string of the molecule is CCC(=O)C(CC)C(=O)NC(=O)C(CC)C(=O)CC. The van der Waals surface area contributed by atoms with Gasteiger partial charge < -0.3 is 0 Å². The van der Waals surface area contributed by atoms with E-state index in [2.05, 4.69) is 5.32 Å². The molecule has 0 aromatic rings. The number of amides is 2. The largest absolute Gasteiger partial charge is 0.299 e. The first kappa shape index (κ1) is 17.5. The molecule has 0 spiro atoms. The highest BCUT2D eigenvalue weighted by Crippen LogP contribution is 2.10. The highest BCUT2D eigenvalue weighted by Gasteiger charge is 2.29. The van der Waals surface area contributed by atoms with Gasteiger partial charge in [0.2, 0.25) is 11.8 Å². The van der Waals surface area contributed by atoms with Crippen LogP contribution in [-0.2, 0) is 19.2 Å². The second kappa shape index (κ2) is 8.56. The average Bonchev–Trinajstić information content (AvgIpc) is 2.39. The predicted molar refractivity (Wildman–Crippen MR) is 71.3 cm³/mol. The van der Waals surface area contributed by atoms with E-state index >= 15 is 0 Å². The van der Waals surface area contributed by atoms with Crippen molar-refractivity contribution in [1.29, 1.82) is 0 Å². The number of rotatable bonds is 8. The molecule has 2 unspecified atom stereocenters. The summed E-state index contributed by atoms with van der Waals surface area (Å²) in [5.74, 6) is -3.18. The molecule has 0 aliphatic rings. The lowest BCUT2D eigenvalue weighted by atomic mass is 9.95. The number of carbonyl (C=O) groups is 4. The van der Waals surface area contributed by atoms with Gasteiger partial charge in [0.15, 0.2) is 0 Å². The van der Waals surface area contributed by atoms with Gasteiger partial charge >= 0.3 is 0 Å². The molecule has 0 saturated heterocycles. The van der Waals surface area contributed by atoms with Gasteiger partial charge in [-0.2, -0.15) is 0 Å². The minimum Gasteiger partial charge on any atom is -0.299 e. The van der Waals surface area contributed by atoms with Gasteiger partial charge in [-0.05, 0) is 12.8 Å². The average molecular weight is 269 g/mol. The molecule has 0 aliphatic heterocycles. The van der Waals surface area contributed by atoms with E-state index < -0.39 is 23.7 Å². The Hall–Kier alpha value is -1.52. The number of imide groups is 1. The second-order valence-electron chi connectivity index (χ2n) is 4.41. The molecule has 0 aromatic carbocycles. The molecule has 2 amide bonds. The van der Waals surface area contributed by atoms with Crippen molar-refractivity contribution in [1.82, 2.24) is 5.32 Å². The number of Topliss-reactive ketones (excluding diaryl/α,β-unsaturated/α-hetero) is 2. The van der Waals surface area contributed by atoms with Crippen LogP contribution in [0.1, 0.15) is 53.4 Å². The van der Waals surface area contributed by atoms with Crippen LogP contribution < -0.4 is 5.32 Å². The number of carbonyl (C=O) groups excluding carboxylic acids is 4. The Kier molecular flexibility index (Phi) is 7.87. The Morgan fingerprint density at radius 2 is 1.05 bits per heavy atom. The zero-order valence-corrected chi connectivity index (χ0v) is 12.1. The Morgan fingerprint density at radius 1 is 0.737 bits per heavy atom. The van der Waals surface area contributed by atoms with E-state index in [0.29, 0.717) is 12.8 Å². The Labute approximate surface area is 114 Å². The van der Waals surface area contributed by atoms with Crippen LogP contribution in [0.5, 0.6) is 0 Å². The fraction of sp³-hybridized carbons (Fsp3) is 0.714. The molecule has 1 N–H and O–H groups in total. The van der Waals surface area contributed by atoms with E-state index in [9.17, 15) is 19.2 Å². The summed E-state index contributed by atoms with van der Waals surface area (Å²) in [6, 6.07) is 0. The van der Waals surface area contributed by atoms with Crippen LogP contribution in [0.25, 0.3) is 0 Å². The van der Waals surface area contributed by atoms with Gasteiger partial charge in [-0.25, -0.2) is 0 Å². The van der Waals surface area contributed by atoms with Crippen molar-refractivity contribution in [3.05, 3.63) is 0 Å². The monoisotopic (exact) mass is 269 g/mol. The third-order valence-corrected chi connectivity index (χ3v) is 3.17. The topological polar surface area (TPSA) is 80.3 Å². The summed E-state index contributed by atoms with van der Waals surface area (Å²) in [6.45, 7) is 6.79. The zero-order valence-electron chi connectivity index (χ0n) is 12.1. The molecular weight excluding hydrogens is 246 g/mol. The summed E-state index contributed by atoms with van der Waals surface area (Å²) >= 11 is 0. The summed E-state index contributed by atoms with van der Waals surface area (Å²) in [7, 11) is 0. The van der Waals surface area contributed by atoms with Crippen molar-refractivity contribution in [3.63, 3.8) is 0 Å². The zero-order chi connectivity index (χ0) is 15.0. The first-order chi connectivity index (χ1) is 8.92. The van der Waals surface area contributed by atoms with Crippen LogP contribution in [-0.4, -0.2) is 23.4 Å². The highest BCUT2D eigenvalue weighted by atomic mass is 16.2. The van der Waals surface area contributed by atoms with Gasteiger partial charge in [0.05, 0.1) is 11.8 Å². The van der Waals surface area contributed by atoms with Crippen LogP contribution in [0, 0.1) is 11.8 Å². The van der Waals surface area contributed by atoms with Gasteiger partial charge in [-0.3, -0.25) is 24.5 Å². The summed E-state index contributed by atoms with van der Waals surface area (Å²) in [6.07, 6.45) is 1.21. The summed E-state index contributed by atoms with van der Waals surface area (Å²) in [5.41, 5.74) is 0. The normalized spacial score (nSPS) is 13.5. The Bertz CT molecular complexity index is 328. The third-order valence-electron chi connectivity index (χ3n) is 3.17. The van der Waals surface area contributed by atoms with Gasteiger partial charge in [-0.1, -0.05) is 27.7 Å². The number of ketones is 2. The van der Waals surface area contributed by atoms with Crippen molar-refractivity contribution >= 4 is 23.4 Å². The van der Waals surface area contributed by atoms with Crippen LogP contribution >= 0.6 is 0 Å². The molecule has 2 atom stereocenters. The van der Waals surface area contributed by atoms with Crippen molar-refractivity contribution in [2.24, 2.45) is 11.8 Å². The lowest BCUT2D eigenvalue weighted by Gasteiger charge is -2.16. The molecular formula is C14H23NO4. The van der Waals surface area contributed by atoms with E-state index in [1.54, 1.807) is 27.7 Å². The van der Waals surface area contributed by atoms with Gasteiger partial charge in [-0.15, -0.1) is 0 Å².